The molecule has 0 aromatic heterocycles. The Morgan fingerprint density at radius 3 is 1.92 bits per heavy atom. The molecule has 1 unspecified atom stereocenters. The van der Waals surface area contributed by atoms with E-state index in [1.165, 1.54) is 0 Å². The predicted molar refractivity (Wildman–Crippen MR) is 51.5 cm³/mol. The van der Waals surface area contributed by atoms with Crippen LogP contribution in [0, 0.1) is 10.8 Å². The molecule has 0 saturated heterocycles. The number of carbonyl (C=O) groups is 1. The highest BCUT2D eigenvalue weighted by molar-refractivity contribution is 5.73. The second-order valence-electron chi connectivity index (χ2n) is 5.03. The molecule has 0 aliphatic heterocycles. The number of aliphatic hydroxyl groups excluding tert-OH is 1. The summed E-state index contributed by atoms with van der Waals surface area (Å²) in [6.45, 7) is 8.81. The van der Waals surface area contributed by atoms with Crippen LogP contribution in [0.2, 0.25) is 0 Å². The number of aliphatic hydroxyl groups is 1. The van der Waals surface area contributed by atoms with Gasteiger partial charge in [-0.25, -0.2) is 0 Å². The van der Waals surface area contributed by atoms with Crippen LogP contribution in [0.4, 0.5) is 0 Å². The predicted octanol–water partition coefficient (Wildman–Crippen LogP) is 1.89. The minimum absolute atomic E-state index is 0.359. The van der Waals surface area contributed by atoms with Crippen molar-refractivity contribution in [2.24, 2.45) is 10.8 Å². The van der Waals surface area contributed by atoms with Crippen molar-refractivity contribution in [2.75, 3.05) is 0 Å². The maximum Gasteiger partial charge on any atom is 0.309 e. The highest BCUT2D eigenvalue weighted by atomic mass is 16.4. The van der Waals surface area contributed by atoms with Crippen LogP contribution in [0.3, 0.4) is 0 Å². The minimum Gasteiger partial charge on any atom is -0.481 e. The Bertz CT molecular complexity index is 192. The summed E-state index contributed by atoms with van der Waals surface area (Å²) in [5.74, 6) is -0.818. The third-order valence-corrected chi connectivity index (χ3v) is 2.61. The van der Waals surface area contributed by atoms with Crippen molar-refractivity contribution in [3.63, 3.8) is 0 Å². The van der Waals surface area contributed by atoms with Gasteiger partial charge in [-0.3, -0.25) is 4.79 Å². The van der Waals surface area contributed by atoms with E-state index in [-0.39, 0.29) is 5.41 Å². The molecular formula is C10H20O3. The molecule has 0 aliphatic rings. The Kier molecular flexibility index (Phi) is 3.50. The molecule has 0 aliphatic carbocycles. The summed E-state index contributed by atoms with van der Waals surface area (Å²) < 4.78 is 0. The number of hydrogen-bond acceptors (Lipinski definition) is 2. The van der Waals surface area contributed by atoms with E-state index in [1.54, 1.807) is 20.8 Å². The van der Waals surface area contributed by atoms with E-state index < -0.39 is 17.5 Å². The van der Waals surface area contributed by atoms with E-state index in [1.807, 2.05) is 13.8 Å². The zero-order valence-corrected chi connectivity index (χ0v) is 9.09. The topological polar surface area (TPSA) is 57.5 Å². The summed E-state index contributed by atoms with van der Waals surface area (Å²) in [5.41, 5.74) is -1.14. The first-order valence-corrected chi connectivity index (χ1v) is 4.51. The van der Waals surface area contributed by atoms with Gasteiger partial charge in [0.2, 0.25) is 0 Å². The maximum atomic E-state index is 10.8. The van der Waals surface area contributed by atoms with Gasteiger partial charge in [0, 0.05) is 0 Å². The fourth-order valence-corrected chi connectivity index (χ4v) is 1.36. The van der Waals surface area contributed by atoms with E-state index in [2.05, 4.69) is 0 Å². The second-order valence-corrected chi connectivity index (χ2v) is 5.03. The number of hydrogen-bond donors (Lipinski definition) is 2. The Balaban J connectivity index is 4.52. The van der Waals surface area contributed by atoms with Gasteiger partial charge in [-0.05, 0) is 32.6 Å². The number of rotatable bonds is 4. The quantitative estimate of drug-likeness (QED) is 0.708. The molecule has 0 radical (unpaired) electrons. The molecule has 0 bridgehead atoms. The molecule has 2 N–H and O–H groups in total. The van der Waals surface area contributed by atoms with Gasteiger partial charge in [-0.15, -0.1) is 0 Å². The molecular weight excluding hydrogens is 168 g/mol. The third-order valence-electron chi connectivity index (χ3n) is 2.61. The number of carboxylic acid groups (broad SMARTS) is 1. The van der Waals surface area contributed by atoms with E-state index >= 15 is 0 Å². The average molecular weight is 188 g/mol. The SMILES string of the molecule is CC(O)C(C)(C)CC(C)(C)C(=O)O. The zero-order valence-electron chi connectivity index (χ0n) is 9.09. The summed E-state index contributed by atoms with van der Waals surface area (Å²) in [7, 11) is 0. The van der Waals surface area contributed by atoms with Gasteiger partial charge in [0.15, 0.2) is 0 Å². The number of carboxylic acids is 1. The smallest absolute Gasteiger partial charge is 0.309 e. The molecule has 0 aromatic carbocycles. The van der Waals surface area contributed by atoms with Crippen molar-refractivity contribution in [3.05, 3.63) is 0 Å². The Morgan fingerprint density at radius 2 is 1.69 bits per heavy atom. The van der Waals surface area contributed by atoms with Crippen molar-refractivity contribution >= 4 is 5.97 Å². The van der Waals surface area contributed by atoms with Crippen LogP contribution in [-0.4, -0.2) is 22.3 Å². The first-order chi connectivity index (χ1) is 5.59. The minimum atomic E-state index is -0.818. The molecule has 0 heterocycles. The van der Waals surface area contributed by atoms with E-state index in [0.717, 1.165) is 0 Å². The summed E-state index contributed by atoms with van der Waals surface area (Å²) in [6, 6.07) is 0. The molecule has 3 nitrogen and oxygen atoms in total. The highest BCUT2D eigenvalue weighted by Gasteiger charge is 2.36. The molecule has 0 aromatic rings. The first kappa shape index (κ1) is 12.4. The highest BCUT2D eigenvalue weighted by Crippen LogP contribution is 2.36. The summed E-state index contributed by atoms with van der Waals surface area (Å²) in [5, 5.41) is 18.3. The summed E-state index contributed by atoms with van der Waals surface area (Å²) >= 11 is 0. The lowest BCUT2D eigenvalue weighted by Gasteiger charge is -2.34. The van der Waals surface area contributed by atoms with Gasteiger partial charge in [-0.1, -0.05) is 13.8 Å². The average Bonchev–Trinajstić information content (AvgIpc) is 1.83. The third kappa shape index (κ3) is 3.35. The Morgan fingerprint density at radius 1 is 1.31 bits per heavy atom. The normalized spacial score (nSPS) is 15.5. The summed E-state index contributed by atoms with van der Waals surface area (Å²) in [4.78, 5) is 10.8. The molecule has 3 heteroatoms. The van der Waals surface area contributed by atoms with Crippen LogP contribution >= 0.6 is 0 Å². The largest absolute Gasteiger partial charge is 0.481 e. The van der Waals surface area contributed by atoms with Gasteiger partial charge in [-0.2, -0.15) is 0 Å². The van der Waals surface area contributed by atoms with Crippen molar-refractivity contribution in [1.29, 1.82) is 0 Å². The lowest BCUT2D eigenvalue weighted by molar-refractivity contribution is -0.149. The molecule has 1 atom stereocenters. The van der Waals surface area contributed by atoms with Crippen molar-refractivity contribution < 1.29 is 15.0 Å². The van der Waals surface area contributed by atoms with Crippen molar-refractivity contribution in [1.82, 2.24) is 0 Å². The van der Waals surface area contributed by atoms with Crippen LogP contribution in [0.5, 0.6) is 0 Å². The van der Waals surface area contributed by atoms with Gasteiger partial charge in [0.05, 0.1) is 11.5 Å². The van der Waals surface area contributed by atoms with Crippen LogP contribution in [0.1, 0.15) is 41.0 Å². The molecule has 0 amide bonds. The van der Waals surface area contributed by atoms with Crippen molar-refractivity contribution in [3.8, 4) is 0 Å². The number of aliphatic carboxylic acids is 1. The van der Waals surface area contributed by atoms with Crippen LogP contribution < -0.4 is 0 Å². The lowest BCUT2D eigenvalue weighted by Crippen LogP contribution is -2.36. The molecule has 0 saturated carbocycles. The monoisotopic (exact) mass is 188 g/mol. The fraction of sp³-hybridized carbons (Fsp3) is 0.900. The van der Waals surface area contributed by atoms with Gasteiger partial charge >= 0.3 is 5.97 Å². The molecule has 13 heavy (non-hydrogen) atoms. The molecule has 78 valence electrons. The fourth-order valence-electron chi connectivity index (χ4n) is 1.36. The van der Waals surface area contributed by atoms with Crippen LogP contribution in [-0.2, 0) is 4.79 Å². The van der Waals surface area contributed by atoms with Crippen LogP contribution in [0.15, 0.2) is 0 Å². The maximum absolute atomic E-state index is 10.8. The first-order valence-electron chi connectivity index (χ1n) is 4.51. The Hall–Kier alpha value is -0.570. The molecule has 0 rings (SSSR count). The zero-order chi connectivity index (χ0) is 10.9. The van der Waals surface area contributed by atoms with Gasteiger partial charge < -0.3 is 10.2 Å². The van der Waals surface area contributed by atoms with E-state index in [0.29, 0.717) is 6.42 Å². The molecule has 0 fully saturated rings. The van der Waals surface area contributed by atoms with Gasteiger partial charge in [0.1, 0.15) is 0 Å². The molecule has 0 spiro atoms. The standard InChI is InChI=1S/C10H20O3/c1-7(11)9(2,3)6-10(4,5)8(12)13/h7,11H,6H2,1-5H3,(H,12,13). The van der Waals surface area contributed by atoms with Crippen LogP contribution in [0.25, 0.3) is 0 Å². The van der Waals surface area contributed by atoms with E-state index in [9.17, 15) is 9.90 Å². The van der Waals surface area contributed by atoms with Gasteiger partial charge in [0.25, 0.3) is 0 Å². The van der Waals surface area contributed by atoms with Crippen molar-refractivity contribution in [2.45, 2.75) is 47.1 Å². The lowest BCUT2D eigenvalue weighted by atomic mass is 9.72. The summed E-state index contributed by atoms with van der Waals surface area (Å²) in [6.07, 6.45) is -0.0291. The second kappa shape index (κ2) is 3.66. The Labute approximate surface area is 79.8 Å². The van der Waals surface area contributed by atoms with E-state index in [4.69, 9.17) is 5.11 Å².